The third-order valence-electron chi connectivity index (χ3n) is 2.26. The Balaban J connectivity index is 1.89. The standard InChI is InChI=1S/C12H9Cl2N5OS/c13-7-1-2-9(8(14)5-7)17-12(21)19-18-11(20)10-6-15-3-4-16-10/h1-6H,(H,18,20)(H2,17,19,21). The van der Waals surface area contributed by atoms with Gasteiger partial charge in [0, 0.05) is 17.4 Å². The summed E-state index contributed by atoms with van der Waals surface area (Å²) in [6.45, 7) is 0. The molecule has 0 atom stereocenters. The van der Waals surface area contributed by atoms with Crippen molar-refractivity contribution in [3.05, 3.63) is 52.5 Å². The van der Waals surface area contributed by atoms with Gasteiger partial charge in [0.2, 0.25) is 0 Å². The molecule has 2 aromatic rings. The van der Waals surface area contributed by atoms with Crippen LogP contribution in [0.3, 0.4) is 0 Å². The van der Waals surface area contributed by atoms with E-state index in [-0.39, 0.29) is 10.8 Å². The van der Waals surface area contributed by atoms with Crippen molar-refractivity contribution >= 4 is 52.1 Å². The van der Waals surface area contributed by atoms with Crippen LogP contribution in [0.5, 0.6) is 0 Å². The normalized spacial score (nSPS) is 9.81. The van der Waals surface area contributed by atoms with Crippen LogP contribution >= 0.6 is 35.4 Å². The molecule has 0 fully saturated rings. The summed E-state index contributed by atoms with van der Waals surface area (Å²) in [5.74, 6) is -0.463. The Hall–Kier alpha value is -1.96. The molecule has 1 aromatic heterocycles. The molecule has 1 heterocycles. The van der Waals surface area contributed by atoms with E-state index < -0.39 is 5.91 Å². The summed E-state index contributed by atoms with van der Waals surface area (Å²) >= 11 is 16.8. The molecule has 0 radical (unpaired) electrons. The van der Waals surface area contributed by atoms with E-state index in [1.165, 1.54) is 18.6 Å². The summed E-state index contributed by atoms with van der Waals surface area (Å²) in [4.78, 5) is 19.3. The number of benzene rings is 1. The van der Waals surface area contributed by atoms with Crippen molar-refractivity contribution in [2.45, 2.75) is 0 Å². The molecule has 0 aliphatic carbocycles. The zero-order valence-electron chi connectivity index (χ0n) is 10.4. The lowest BCUT2D eigenvalue weighted by molar-refractivity contribution is 0.0938. The van der Waals surface area contributed by atoms with Gasteiger partial charge in [0.25, 0.3) is 5.91 Å². The minimum absolute atomic E-state index is 0.163. The highest BCUT2D eigenvalue weighted by Gasteiger charge is 2.08. The van der Waals surface area contributed by atoms with Gasteiger partial charge in [-0.25, -0.2) is 4.98 Å². The molecule has 0 saturated heterocycles. The fourth-order valence-corrected chi connectivity index (χ4v) is 1.96. The predicted octanol–water partition coefficient (Wildman–Crippen LogP) is 2.41. The number of thiocarbonyl (C=S) groups is 1. The summed E-state index contributed by atoms with van der Waals surface area (Å²) in [5.41, 5.74) is 5.64. The number of nitrogens with zero attached hydrogens (tertiary/aromatic N) is 2. The topological polar surface area (TPSA) is 78.9 Å². The lowest BCUT2D eigenvalue weighted by Gasteiger charge is -2.12. The third kappa shape index (κ3) is 4.52. The van der Waals surface area contributed by atoms with Crippen molar-refractivity contribution in [2.75, 3.05) is 5.32 Å². The number of nitrogens with one attached hydrogen (secondary N) is 3. The number of amides is 1. The van der Waals surface area contributed by atoms with Crippen molar-refractivity contribution in [2.24, 2.45) is 0 Å². The molecule has 1 amide bonds. The zero-order chi connectivity index (χ0) is 15.2. The number of anilines is 1. The van der Waals surface area contributed by atoms with Gasteiger partial charge < -0.3 is 5.32 Å². The van der Waals surface area contributed by atoms with Crippen LogP contribution in [-0.2, 0) is 0 Å². The second kappa shape index (κ2) is 7.16. The van der Waals surface area contributed by atoms with E-state index in [0.29, 0.717) is 15.7 Å². The first-order chi connectivity index (χ1) is 10.1. The summed E-state index contributed by atoms with van der Waals surface area (Å²) in [7, 11) is 0. The Kier molecular flexibility index (Phi) is 5.26. The van der Waals surface area contributed by atoms with E-state index in [1.54, 1.807) is 18.2 Å². The highest BCUT2D eigenvalue weighted by atomic mass is 35.5. The fourth-order valence-electron chi connectivity index (χ4n) is 1.34. The highest BCUT2D eigenvalue weighted by molar-refractivity contribution is 7.80. The maximum atomic E-state index is 11.7. The van der Waals surface area contributed by atoms with Crippen LogP contribution in [0, 0.1) is 0 Å². The monoisotopic (exact) mass is 341 g/mol. The molecule has 0 saturated carbocycles. The number of rotatable bonds is 2. The number of hydrogen-bond donors (Lipinski definition) is 3. The predicted molar refractivity (Wildman–Crippen MR) is 85.3 cm³/mol. The first kappa shape index (κ1) is 15.4. The van der Waals surface area contributed by atoms with Crippen LogP contribution in [0.15, 0.2) is 36.8 Å². The minimum atomic E-state index is -0.463. The Morgan fingerprint density at radius 1 is 1.19 bits per heavy atom. The molecule has 9 heteroatoms. The number of aromatic nitrogens is 2. The summed E-state index contributed by atoms with van der Waals surface area (Å²) in [5, 5.41) is 3.91. The largest absolute Gasteiger partial charge is 0.330 e. The van der Waals surface area contributed by atoms with Crippen molar-refractivity contribution < 1.29 is 4.79 Å². The third-order valence-corrected chi connectivity index (χ3v) is 3.02. The van der Waals surface area contributed by atoms with Gasteiger partial charge in [-0.3, -0.25) is 20.6 Å². The Morgan fingerprint density at radius 3 is 2.67 bits per heavy atom. The van der Waals surface area contributed by atoms with E-state index >= 15 is 0 Å². The van der Waals surface area contributed by atoms with Crippen molar-refractivity contribution in [1.29, 1.82) is 0 Å². The van der Waals surface area contributed by atoms with Gasteiger partial charge in [0.15, 0.2) is 5.11 Å². The molecule has 108 valence electrons. The van der Waals surface area contributed by atoms with E-state index in [0.717, 1.165) is 0 Å². The molecule has 6 nitrogen and oxygen atoms in total. The SMILES string of the molecule is O=C(NNC(=S)Nc1ccc(Cl)cc1Cl)c1cnccn1. The average Bonchev–Trinajstić information content (AvgIpc) is 2.48. The summed E-state index contributed by atoms with van der Waals surface area (Å²) in [6, 6.07) is 4.91. The Bertz CT molecular complexity index is 668. The Labute approximate surface area is 135 Å². The molecule has 0 unspecified atom stereocenters. The van der Waals surface area contributed by atoms with Gasteiger partial charge in [-0.2, -0.15) is 0 Å². The molecule has 0 aliphatic heterocycles. The van der Waals surface area contributed by atoms with Gasteiger partial charge >= 0.3 is 0 Å². The highest BCUT2D eigenvalue weighted by Crippen LogP contribution is 2.25. The van der Waals surface area contributed by atoms with Gasteiger partial charge in [-0.1, -0.05) is 23.2 Å². The quantitative estimate of drug-likeness (QED) is 0.575. The molecule has 1 aromatic carbocycles. The van der Waals surface area contributed by atoms with Crippen LogP contribution in [-0.4, -0.2) is 21.0 Å². The summed E-state index contributed by atoms with van der Waals surface area (Å²) < 4.78 is 0. The van der Waals surface area contributed by atoms with Crippen molar-refractivity contribution in [3.8, 4) is 0 Å². The maximum Gasteiger partial charge on any atom is 0.289 e. The van der Waals surface area contributed by atoms with E-state index in [2.05, 4.69) is 26.1 Å². The van der Waals surface area contributed by atoms with Crippen LogP contribution < -0.4 is 16.2 Å². The van der Waals surface area contributed by atoms with Crippen LogP contribution in [0.2, 0.25) is 10.0 Å². The van der Waals surface area contributed by atoms with E-state index in [4.69, 9.17) is 35.4 Å². The minimum Gasteiger partial charge on any atom is -0.330 e. The Morgan fingerprint density at radius 2 is 2.00 bits per heavy atom. The van der Waals surface area contributed by atoms with Gasteiger partial charge in [-0.15, -0.1) is 0 Å². The lowest BCUT2D eigenvalue weighted by Crippen LogP contribution is -2.44. The molecule has 2 rings (SSSR count). The van der Waals surface area contributed by atoms with Crippen LogP contribution in [0.25, 0.3) is 0 Å². The average molecular weight is 342 g/mol. The maximum absolute atomic E-state index is 11.7. The molecule has 3 N–H and O–H groups in total. The molecule has 0 aliphatic rings. The van der Waals surface area contributed by atoms with E-state index in [1.807, 2.05) is 0 Å². The molecule has 0 spiro atoms. The molecule has 0 bridgehead atoms. The molecular weight excluding hydrogens is 333 g/mol. The number of carbonyl (C=O) groups is 1. The number of hydrogen-bond acceptors (Lipinski definition) is 4. The number of carbonyl (C=O) groups excluding carboxylic acids is 1. The van der Waals surface area contributed by atoms with Gasteiger partial charge in [0.1, 0.15) is 5.69 Å². The fraction of sp³-hybridized carbons (Fsp3) is 0. The second-order valence-electron chi connectivity index (χ2n) is 3.75. The van der Waals surface area contributed by atoms with Crippen LogP contribution in [0.1, 0.15) is 10.5 Å². The summed E-state index contributed by atoms with van der Waals surface area (Å²) in [6.07, 6.45) is 4.22. The smallest absolute Gasteiger partial charge is 0.289 e. The lowest BCUT2D eigenvalue weighted by atomic mass is 10.3. The molecular formula is C12H9Cl2N5OS. The number of hydrazine groups is 1. The second-order valence-corrected chi connectivity index (χ2v) is 5.00. The van der Waals surface area contributed by atoms with Gasteiger partial charge in [-0.05, 0) is 30.4 Å². The first-order valence-corrected chi connectivity index (χ1v) is 6.81. The molecule has 21 heavy (non-hydrogen) atoms. The van der Waals surface area contributed by atoms with Crippen molar-refractivity contribution in [1.82, 2.24) is 20.8 Å². The zero-order valence-corrected chi connectivity index (χ0v) is 12.8. The first-order valence-electron chi connectivity index (χ1n) is 5.64. The van der Waals surface area contributed by atoms with Crippen molar-refractivity contribution in [3.63, 3.8) is 0 Å². The van der Waals surface area contributed by atoms with Gasteiger partial charge in [0.05, 0.1) is 16.9 Å². The van der Waals surface area contributed by atoms with Crippen LogP contribution in [0.4, 0.5) is 5.69 Å². The van der Waals surface area contributed by atoms with E-state index in [9.17, 15) is 4.79 Å². The number of halogens is 2.